The van der Waals surface area contributed by atoms with Gasteiger partial charge in [0.25, 0.3) is 0 Å². The van der Waals surface area contributed by atoms with Crippen LogP contribution >= 0.6 is 0 Å². The lowest BCUT2D eigenvalue weighted by Crippen LogP contribution is -2.52. The van der Waals surface area contributed by atoms with E-state index in [1.165, 1.54) is 16.1 Å². The third-order valence-electron chi connectivity index (χ3n) is 5.94. The summed E-state index contributed by atoms with van der Waals surface area (Å²) in [5.74, 6) is -2.87. The molecule has 9 nitrogen and oxygen atoms in total. The van der Waals surface area contributed by atoms with Crippen molar-refractivity contribution in [1.82, 2.24) is 29.7 Å². The second-order valence-electron chi connectivity index (χ2n) is 8.34. The van der Waals surface area contributed by atoms with Crippen molar-refractivity contribution in [1.29, 1.82) is 0 Å². The number of benzene rings is 1. The van der Waals surface area contributed by atoms with Gasteiger partial charge in [0, 0.05) is 51.1 Å². The van der Waals surface area contributed by atoms with Crippen LogP contribution in [0.5, 0.6) is 0 Å². The van der Waals surface area contributed by atoms with Crippen molar-refractivity contribution in [3.8, 4) is 5.82 Å². The van der Waals surface area contributed by atoms with Crippen LogP contribution in [0.4, 0.5) is 37.1 Å². The van der Waals surface area contributed by atoms with Crippen molar-refractivity contribution < 1.29 is 31.1 Å². The Morgan fingerprint density at radius 1 is 1.00 bits per heavy atom. The molecule has 37 heavy (non-hydrogen) atoms. The largest absolute Gasteiger partial charge is 0.435 e. The number of amides is 2. The molecule has 1 aromatic carbocycles. The number of carbonyl (C=O) groups excluding carboxylic acids is 1. The van der Waals surface area contributed by atoms with Gasteiger partial charge in [-0.1, -0.05) is 0 Å². The molecule has 194 valence electrons. The van der Waals surface area contributed by atoms with E-state index in [1.54, 1.807) is 4.90 Å². The van der Waals surface area contributed by atoms with Crippen LogP contribution in [-0.4, -0.2) is 68.1 Å². The summed E-state index contributed by atoms with van der Waals surface area (Å²) in [6.45, 7) is 0.872. The number of carbonyl (C=O) groups is 1. The van der Waals surface area contributed by atoms with E-state index in [0.29, 0.717) is 17.2 Å². The molecule has 2 aliphatic heterocycles. The van der Waals surface area contributed by atoms with E-state index < -0.39 is 47.2 Å². The predicted molar refractivity (Wildman–Crippen MR) is 117 cm³/mol. The SMILES string of the molecule is O=C(N1CCN(c2ncc(F)c(-n3ccc(C(F)(F)F)n3)n2)CC1)N1N=CC[C@H]1c1cc(F)cc(F)c1. The fourth-order valence-corrected chi connectivity index (χ4v) is 4.14. The van der Waals surface area contributed by atoms with Crippen molar-refractivity contribution >= 4 is 18.2 Å². The molecule has 15 heteroatoms. The molecule has 2 amide bonds. The van der Waals surface area contributed by atoms with Crippen molar-refractivity contribution in [2.75, 3.05) is 31.1 Å². The molecule has 2 aliphatic rings. The quantitative estimate of drug-likeness (QED) is 0.488. The summed E-state index contributed by atoms with van der Waals surface area (Å²) < 4.78 is 81.0. The lowest BCUT2D eigenvalue weighted by Gasteiger charge is -2.37. The smallest absolute Gasteiger partial charge is 0.337 e. The second kappa shape index (κ2) is 9.37. The number of hydrogen-bond donors (Lipinski definition) is 0. The van der Waals surface area contributed by atoms with Gasteiger partial charge in [-0.2, -0.15) is 28.4 Å². The topological polar surface area (TPSA) is 82.8 Å². The molecular weight excluding hydrogens is 506 g/mol. The van der Waals surface area contributed by atoms with Crippen LogP contribution in [0.1, 0.15) is 23.7 Å². The summed E-state index contributed by atoms with van der Waals surface area (Å²) in [7, 11) is 0. The highest BCUT2D eigenvalue weighted by Crippen LogP contribution is 2.31. The number of hydrogen-bond acceptors (Lipinski definition) is 6. The van der Waals surface area contributed by atoms with Crippen LogP contribution in [0.15, 0.2) is 41.8 Å². The maximum Gasteiger partial charge on any atom is 0.435 e. The lowest BCUT2D eigenvalue weighted by molar-refractivity contribution is -0.141. The minimum Gasteiger partial charge on any atom is -0.337 e. The van der Waals surface area contributed by atoms with Crippen LogP contribution < -0.4 is 4.90 Å². The van der Waals surface area contributed by atoms with Gasteiger partial charge in [-0.25, -0.2) is 32.6 Å². The van der Waals surface area contributed by atoms with Crippen molar-refractivity contribution in [2.24, 2.45) is 5.10 Å². The van der Waals surface area contributed by atoms with Crippen molar-refractivity contribution in [3.05, 3.63) is 65.4 Å². The lowest BCUT2D eigenvalue weighted by atomic mass is 10.0. The molecule has 1 fully saturated rings. The first-order chi connectivity index (χ1) is 17.6. The summed E-state index contributed by atoms with van der Waals surface area (Å²) in [4.78, 5) is 24.2. The maximum absolute atomic E-state index is 14.3. The van der Waals surface area contributed by atoms with E-state index in [0.717, 1.165) is 30.6 Å². The Hall–Kier alpha value is -4.17. The van der Waals surface area contributed by atoms with E-state index >= 15 is 0 Å². The molecule has 5 rings (SSSR count). The maximum atomic E-state index is 14.3. The van der Waals surface area contributed by atoms with Crippen molar-refractivity contribution in [3.63, 3.8) is 0 Å². The summed E-state index contributed by atoms with van der Waals surface area (Å²) in [5, 5.41) is 8.60. The number of rotatable bonds is 3. The highest BCUT2D eigenvalue weighted by molar-refractivity contribution is 5.78. The van der Waals surface area contributed by atoms with Gasteiger partial charge in [0.1, 0.15) is 11.6 Å². The van der Waals surface area contributed by atoms with Crippen LogP contribution in [0, 0.1) is 17.5 Å². The highest BCUT2D eigenvalue weighted by Gasteiger charge is 2.35. The predicted octanol–water partition coefficient (Wildman–Crippen LogP) is 3.77. The Morgan fingerprint density at radius 2 is 1.70 bits per heavy atom. The number of anilines is 1. The third-order valence-corrected chi connectivity index (χ3v) is 5.94. The van der Waals surface area contributed by atoms with Crippen LogP contribution in [0.2, 0.25) is 0 Å². The summed E-state index contributed by atoms with van der Waals surface area (Å²) in [5.41, 5.74) is -0.912. The molecule has 0 N–H and O–H groups in total. The van der Waals surface area contributed by atoms with Gasteiger partial charge in [0.05, 0.1) is 12.2 Å². The van der Waals surface area contributed by atoms with Gasteiger partial charge in [-0.05, 0) is 23.8 Å². The van der Waals surface area contributed by atoms with Gasteiger partial charge in [-0.15, -0.1) is 0 Å². The standard InChI is InChI=1S/C22H18F6N8O/c23-14-9-13(10-15(24)11-14)17-1-3-30-36(17)21(37)34-7-5-33(6-8-34)20-29-12-16(25)19(31-20)35-4-2-18(32-35)22(26,27)28/h2-4,9-12,17H,1,5-8H2/t17-/m0/s1. The van der Waals surface area contributed by atoms with Crippen LogP contribution in [0.25, 0.3) is 5.82 Å². The molecule has 4 heterocycles. The molecular formula is C22H18F6N8O. The molecule has 0 bridgehead atoms. The molecule has 0 saturated carbocycles. The van der Waals surface area contributed by atoms with Crippen molar-refractivity contribution in [2.45, 2.75) is 18.6 Å². The molecule has 0 radical (unpaired) electrons. The second-order valence-corrected chi connectivity index (χ2v) is 8.34. The zero-order valence-corrected chi connectivity index (χ0v) is 18.9. The molecule has 0 aliphatic carbocycles. The van der Waals surface area contributed by atoms with Gasteiger partial charge in [0.15, 0.2) is 17.3 Å². The van der Waals surface area contributed by atoms with E-state index in [-0.39, 0.29) is 37.7 Å². The number of urea groups is 1. The minimum atomic E-state index is -4.69. The normalized spacial score (nSPS) is 18.1. The molecule has 0 spiro atoms. The zero-order valence-electron chi connectivity index (χ0n) is 18.9. The Labute approximate surface area is 205 Å². The first-order valence-electron chi connectivity index (χ1n) is 11.1. The average Bonchev–Trinajstić information content (AvgIpc) is 3.54. The van der Waals surface area contributed by atoms with E-state index in [1.807, 2.05) is 0 Å². The monoisotopic (exact) mass is 524 g/mol. The molecule has 3 aromatic rings. The first-order valence-corrected chi connectivity index (χ1v) is 11.1. The van der Waals surface area contributed by atoms with E-state index in [2.05, 4.69) is 20.2 Å². The van der Waals surface area contributed by atoms with Gasteiger partial charge in [-0.3, -0.25) is 0 Å². The van der Waals surface area contributed by atoms with Crippen LogP contribution in [-0.2, 0) is 6.18 Å². The Morgan fingerprint density at radius 3 is 2.35 bits per heavy atom. The number of aromatic nitrogens is 4. The minimum absolute atomic E-state index is 0.0554. The number of nitrogens with zero attached hydrogens (tertiary/aromatic N) is 8. The fraction of sp³-hybridized carbons (Fsp3) is 0.318. The molecule has 1 atom stereocenters. The summed E-state index contributed by atoms with van der Waals surface area (Å²) in [6, 6.07) is 2.64. The van der Waals surface area contributed by atoms with E-state index in [4.69, 9.17) is 0 Å². The number of piperazine rings is 1. The Balaban J connectivity index is 1.27. The molecule has 0 unspecified atom stereocenters. The fourth-order valence-electron chi connectivity index (χ4n) is 4.14. The first kappa shape index (κ1) is 24.5. The third kappa shape index (κ3) is 4.93. The number of halogens is 6. The summed E-state index contributed by atoms with van der Waals surface area (Å²) in [6.07, 6.45) is -1.11. The number of alkyl halides is 3. The van der Waals surface area contributed by atoms with Gasteiger partial charge < -0.3 is 9.80 Å². The molecule has 1 saturated heterocycles. The summed E-state index contributed by atoms with van der Waals surface area (Å²) >= 11 is 0. The highest BCUT2D eigenvalue weighted by atomic mass is 19.4. The Bertz CT molecular complexity index is 1330. The average molecular weight is 524 g/mol. The zero-order chi connectivity index (χ0) is 26.3. The van der Waals surface area contributed by atoms with Crippen LogP contribution in [0.3, 0.4) is 0 Å². The Kier molecular flexibility index (Phi) is 6.21. The molecule has 2 aromatic heterocycles. The number of hydrazone groups is 1. The van der Waals surface area contributed by atoms with Gasteiger partial charge in [0.2, 0.25) is 5.95 Å². The van der Waals surface area contributed by atoms with Gasteiger partial charge >= 0.3 is 12.2 Å². The van der Waals surface area contributed by atoms with E-state index in [9.17, 15) is 31.1 Å².